The van der Waals surface area contributed by atoms with E-state index in [4.69, 9.17) is 14.7 Å². The number of hydrogen-bond donors (Lipinski definition) is 6. The van der Waals surface area contributed by atoms with Gasteiger partial charge in [-0.15, -0.1) is 0 Å². The molecule has 3 aromatic carbocycles. The Morgan fingerprint density at radius 3 is 2.26 bits per heavy atom. The second kappa shape index (κ2) is 15.3. The fourth-order valence-corrected chi connectivity index (χ4v) is 6.79. The molecule has 2 saturated heterocycles. The van der Waals surface area contributed by atoms with Gasteiger partial charge >= 0.3 is 6.03 Å². The van der Waals surface area contributed by atoms with Gasteiger partial charge in [-0.1, -0.05) is 91.0 Å². The van der Waals surface area contributed by atoms with Gasteiger partial charge in [0.25, 0.3) is 0 Å². The lowest BCUT2D eigenvalue weighted by molar-refractivity contribution is -0.0511. The summed E-state index contributed by atoms with van der Waals surface area (Å²) < 4.78 is 7.34. The molecule has 260 valence electrons. The minimum atomic E-state index is -1.32. The first-order chi connectivity index (χ1) is 24.5. The first-order valence-corrected chi connectivity index (χ1v) is 17.0. The van der Waals surface area contributed by atoms with Gasteiger partial charge in [-0.3, -0.25) is 9.47 Å². The molecule has 2 aromatic heterocycles. The number of carbonyl (C=O) groups excluding carboxylic acids is 1. The number of aromatic nitrogens is 4. The third-order valence-electron chi connectivity index (χ3n) is 9.40. The van der Waals surface area contributed by atoms with Crippen LogP contribution in [0.25, 0.3) is 11.2 Å². The van der Waals surface area contributed by atoms with E-state index in [1.807, 2.05) is 54.6 Å². The molecule has 2 aliphatic heterocycles. The maximum absolute atomic E-state index is 13.1. The van der Waals surface area contributed by atoms with Gasteiger partial charge in [0, 0.05) is 38.1 Å². The van der Waals surface area contributed by atoms with Crippen LogP contribution in [0, 0.1) is 0 Å². The summed E-state index contributed by atoms with van der Waals surface area (Å²) >= 11 is 0. The number of aliphatic hydroxyl groups excluding tert-OH is 3. The van der Waals surface area contributed by atoms with Crippen LogP contribution in [0.4, 0.5) is 10.6 Å². The Bertz CT molecular complexity index is 1820. The molecular weight excluding hydrogens is 636 g/mol. The van der Waals surface area contributed by atoms with Crippen LogP contribution in [0.3, 0.4) is 0 Å². The molecule has 6 N–H and O–H groups in total. The SMILES string of the molecule is O=C(NCc1nc(NCC(c2ccccc2)c2ccccc2)c2ncn([C@@H]3O[C@H](CO)[C@@H](O)[C@H]3O)c2n1)N[C@@H]1CCN(Cc2ccccc2)C1. The second-order valence-electron chi connectivity index (χ2n) is 12.8. The van der Waals surface area contributed by atoms with Crippen molar-refractivity contribution in [2.75, 3.05) is 31.6 Å². The topological polar surface area (TPSA) is 170 Å². The highest BCUT2D eigenvalue weighted by molar-refractivity contribution is 5.83. The van der Waals surface area contributed by atoms with Crippen LogP contribution in [0.1, 0.15) is 41.1 Å². The smallest absolute Gasteiger partial charge is 0.315 e. The Labute approximate surface area is 290 Å². The summed E-state index contributed by atoms with van der Waals surface area (Å²) in [6.45, 7) is 2.54. The van der Waals surface area contributed by atoms with Gasteiger partial charge in [0.1, 0.15) is 18.3 Å². The van der Waals surface area contributed by atoms with E-state index in [1.165, 1.54) is 16.5 Å². The van der Waals surface area contributed by atoms with E-state index in [9.17, 15) is 20.1 Å². The van der Waals surface area contributed by atoms with Crippen LogP contribution in [0.15, 0.2) is 97.3 Å². The molecule has 0 radical (unpaired) electrons. The number of carbonyl (C=O) groups is 1. The maximum Gasteiger partial charge on any atom is 0.315 e. The molecule has 5 aromatic rings. The molecule has 13 heteroatoms. The number of likely N-dealkylation sites (tertiary alicyclic amines) is 1. The number of hydrogen-bond acceptors (Lipinski definition) is 10. The largest absolute Gasteiger partial charge is 0.394 e. The number of anilines is 1. The standard InChI is InChI=1S/C37H42N8O5/c46-22-29-32(47)33(48)36(50-29)45-23-40-31-34(38-18-28(25-12-6-2-7-13-25)26-14-8-3-9-15-26)42-30(43-35(31)45)19-39-37(49)41-27-16-17-44(21-27)20-24-10-4-1-5-11-24/h1-15,23,27-29,32-33,36,46-48H,16-22H2,(H,38,42,43)(H2,39,41,49)/t27-,29-,32-,33-,36-/m1/s1. The van der Waals surface area contributed by atoms with E-state index >= 15 is 0 Å². The quantitative estimate of drug-likeness (QED) is 0.115. The second-order valence-corrected chi connectivity index (χ2v) is 12.8. The Balaban J connectivity index is 1.10. The zero-order valence-corrected chi connectivity index (χ0v) is 27.5. The number of rotatable bonds is 12. The monoisotopic (exact) mass is 678 g/mol. The van der Waals surface area contributed by atoms with Crippen molar-refractivity contribution in [3.05, 3.63) is 120 Å². The number of imidazole rings is 1. The van der Waals surface area contributed by atoms with Crippen LogP contribution in [0.2, 0.25) is 0 Å². The summed E-state index contributed by atoms with van der Waals surface area (Å²) in [5.74, 6) is 0.754. The van der Waals surface area contributed by atoms with Crippen molar-refractivity contribution in [1.82, 2.24) is 35.1 Å². The molecule has 50 heavy (non-hydrogen) atoms. The van der Waals surface area contributed by atoms with Gasteiger partial charge in [0.15, 0.2) is 29.0 Å². The van der Waals surface area contributed by atoms with Crippen LogP contribution in [0.5, 0.6) is 0 Å². The van der Waals surface area contributed by atoms with Crippen LogP contribution in [-0.2, 0) is 17.8 Å². The normalized spacial score (nSPS) is 22.3. The van der Waals surface area contributed by atoms with Crippen molar-refractivity contribution in [2.24, 2.45) is 0 Å². The molecule has 13 nitrogen and oxygen atoms in total. The average Bonchev–Trinajstić information content (AvgIpc) is 3.85. The Kier molecular flexibility index (Phi) is 10.3. The number of fused-ring (bicyclic) bond motifs is 1. The van der Waals surface area contributed by atoms with Crippen molar-refractivity contribution in [1.29, 1.82) is 0 Å². The summed E-state index contributed by atoms with van der Waals surface area (Å²) in [6.07, 6.45) is -2.29. The highest BCUT2D eigenvalue weighted by Crippen LogP contribution is 2.33. The summed E-state index contributed by atoms with van der Waals surface area (Å²) in [5.41, 5.74) is 4.27. The molecule has 2 amide bonds. The molecule has 7 rings (SSSR count). The summed E-state index contributed by atoms with van der Waals surface area (Å²) in [5, 5.41) is 40.4. The zero-order chi connectivity index (χ0) is 34.5. The molecule has 0 saturated carbocycles. The van der Waals surface area contributed by atoms with E-state index in [2.05, 4.69) is 62.2 Å². The van der Waals surface area contributed by atoms with Crippen LogP contribution >= 0.6 is 0 Å². The predicted molar refractivity (Wildman–Crippen MR) is 187 cm³/mol. The molecule has 0 aliphatic carbocycles. The van der Waals surface area contributed by atoms with E-state index < -0.39 is 31.1 Å². The third kappa shape index (κ3) is 7.47. The first-order valence-electron chi connectivity index (χ1n) is 17.0. The van der Waals surface area contributed by atoms with Crippen molar-refractivity contribution >= 4 is 23.0 Å². The lowest BCUT2D eigenvalue weighted by Crippen LogP contribution is -2.43. The molecule has 0 unspecified atom stereocenters. The highest BCUT2D eigenvalue weighted by atomic mass is 16.6. The fraction of sp³-hybridized carbons (Fsp3) is 0.351. The molecular formula is C37H42N8O5. The predicted octanol–water partition coefficient (Wildman–Crippen LogP) is 2.76. The molecule has 4 heterocycles. The average molecular weight is 679 g/mol. The Hall–Kier alpha value is -4.92. The molecule has 5 atom stereocenters. The lowest BCUT2D eigenvalue weighted by Gasteiger charge is -2.20. The van der Waals surface area contributed by atoms with Gasteiger partial charge in [0.2, 0.25) is 0 Å². The highest BCUT2D eigenvalue weighted by Gasteiger charge is 2.44. The fourth-order valence-electron chi connectivity index (χ4n) is 6.79. The van der Waals surface area contributed by atoms with Crippen molar-refractivity contribution in [3.8, 4) is 0 Å². The number of amides is 2. The number of benzene rings is 3. The maximum atomic E-state index is 13.1. The number of aliphatic hydroxyl groups is 3. The van der Waals surface area contributed by atoms with E-state index in [1.54, 1.807) is 0 Å². The van der Waals surface area contributed by atoms with Crippen molar-refractivity contribution in [2.45, 2.75) is 56.0 Å². The summed E-state index contributed by atoms with van der Waals surface area (Å²) in [4.78, 5) is 29.5. The van der Waals surface area contributed by atoms with Crippen LogP contribution in [-0.4, -0.2) is 96.4 Å². The summed E-state index contributed by atoms with van der Waals surface area (Å²) in [7, 11) is 0. The zero-order valence-electron chi connectivity index (χ0n) is 27.5. The van der Waals surface area contributed by atoms with Crippen molar-refractivity contribution in [3.63, 3.8) is 0 Å². The van der Waals surface area contributed by atoms with Crippen LogP contribution < -0.4 is 16.0 Å². The van der Waals surface area contributed by atoms with Gasteiger partial charge in [-0.25, -0.2) is 19.7 Å². The van der Waals surface area contributed by atoms with Gasteiger partial charge in [0.05, 0.1) is 19.5 Å². The molecule has 0 spiro atoms. The molecule has 2 aliphatic rings. The van der Waals surface area contributed by atoms with Gasteiger partial charge in [-0.2, -0.15) is 0 Å². The minimum absolute atomic E-state index is 0.00910. The molecule has 0 bridgehead atoms. The first kappa shape index (κ1) is 33.6. The number of ether oxygens (including phenoxy) is 1. The van der Waals surface area contributed by atoms with Crippen molar-refractivity contribution < 1.29 is 24.9 Å². The van der Waals surface area contributed by atoms with E-state index in [-0.39, 0.29) is 24.5 Å². The Morgan fingerprint density at radius 2 is 1.60 bits per heavy atom. The third-order valence-corrected chi connectivity index (χ3v) is 9.40. The van der Waals surface area contributed by atoms with E-state index in [0.29, 0.717) is 29.4 Å². The molecule has 2 fully saturated rings. The summed E-state index contributed by atoms with van der Waals surface area (Å²) in [6, 6.07) is 30.4. The number of nitrogens with one attached hydrogen (secondary N) is 3. The van der Waals surface area contributed by atoms with Gasteiger partial charge < -0.3 is 36.0 Å². The number of urea groups is 1. The number of nitrogens with zero attached hydrogens (tertiary/aromatic N) is 5. The lowest BCUT2D eigenvalue weighted by atomic mass is 9.91. The minimum Gasteiger partial charge on any atom is -0.394 e. The van der Waals surface area contributed by atoms with Gasteiger partial charge in [-0.05, 0) is 23.1 Å². The van der Waals surface area contributed by atoms with E-state index in [0.717, 1.165) is 37.2 Å². The Morgan fingerprint density at radius 1 is 0.920 bits per heavy atom.